The van der Waals surface area contributed by atoms with E-state index in [2.05, 4.69) is 34.1 Å². The van der Waals surface area contributed by atoms with Crippen molar-refractivity contribution in [2.45, 2.75) is 50.2 Å². The zero-order valence-electron chi connectivity index (χ0n) is 18.6. The Balaban J connectivity index is 1.78. The number of nitrogens with one attached hydrogen (secondary N) is 2. The van der Waals surface area contributed by atoms with E-state index in [1.165, 1.54) is 11.8 Å². The molecular weight excluding hydrogens is 432 g/mol. The summed E-state index contributed by atoms with van der Waals surface area (Å²) in [5.74, 6) is 1.48. The molecule has 1 unspecified atom stereocenters. The van der Waals surface area contributed by atoms with Gasteiger partial charge >= 0.3 is 0 Å². The molecule has 0 aliphatic rings. The van der Waals surface area contributed by atoms with Gasteiger partial charge in [0, 0.05) is 19.1 Å². The lowest BCUT2D eigenvalue weighted by Crippen LogP contribution is -2.33. The molecule has 0 radical (unpaired) electrons. The van der Waals surface area contributed by atoms with Crippen molar-refractivity contribution in [2.75, 3.05) is 31.8 Å². The number of nitrogens with zero attached hydrogens (tertiary/aromatic N) is 2. The molecule has 0 spiro atoms. The van der Waals surface area contributed by atoms with Gasteiger partial charge in [-0.3, -0.25) is 0 Å². The summed E-state index contributed by atoms with van der Waals surface area (Å²) in [6, 6.07) is 5.80. The van der Waals surface area contributed by atoms with E-state index in [0.29, 0.717) is 22.0 Å². The number of methoxy groups -OCH3 is 1. The molecule has 0 aliphatic carbocycles. The first-order valence-electron chi connectivity index (χ1n) is 10.5. The molecule has 0 amide bonds. The molecular formula is C23H33ClN4O2S. The van der Waals surface area contributed by atoms with Crippen molar-refractivity contribution >= 4 is 29.2 Å². The van der Waals surface area contributed by atoms with E-state index in [1.54, 1.807) is 25.4 Å². The maximum absolute atomic E-state index is 9.77. The van der Waals surface area contributed by atoms with Gasteiger partial charge in [-0.15, -0.1) is 0 Å². The monoisotopic (exact) mass is 464 g/mol. The summed E-state index contributed by atoms with van der Waals surface area (Å²) in [5, 5.41) is 17.8. The van der Waals surface area contributed by atoms with Crippen molar-refractivity contribution in [3.8, 4) is 11.5 Å². The fraction of sp³-hybridized carbons (Fsp3) is 0.478. The van der Waals surface area contributed by atoms with E-state index < -0.39 is 0 Å². The first-order chi connectivity index (χ1) is 15.0. The van der Waals surface area contributed by atoms with Crippen molar-refractivity contribution in [2.24, 2.45) is 0 Å². The van der Waals surface area contributed by atoms with Gasteiger partial charge in [0.05, 0.1) is 18.3 Å². The molecule has 3 N–H and O–H groups in total. The summed E-state index contributed by atoms with van der Waals surface area (Å²) >= 11 is 7.39. The van der Waals surface area contributed by atoms with E-state index in [9.17, 15) is 5.11 Å². The largest absolute Gasteiger partial charge is 0.506 e. The predicted molar refractivity (Wildman–Crippen MR) is 131 cm³/mol. The third-order valence-electron chi connectivity index (χ3n) is 4.93. The standard InChI is InChI=1S/C23H33ClN4O2S/c1-5-6-18(9-7-16(2)13-17-8-10-19(24)20(29)14-17)25-11-12-26-22-21(30-3)15-27-23(28-22)31-4/h8,10,14-15,18,25,29H,2,5-7,9,11-13H2,1,3-4H3,(H,26,27,28). The minimum atomic E-state index is 0.120. The molecule has 0 fully saturated rings. The zero-order chi connectivity index (χ0) is 22.6. The molecule has 170 valence electrons. The highest BCUT2D eigenvalue weighted by Crippen LogP contribution is 2.26. The lowest BCUT2D eigenvalue weighted by atomic mass is 9.98. The fourth-order valence-corrected chi connectivity index (χ4v) is 3.76. The van der Waals surface area contributed by atoms with Crippen LogP contribution in [0, 0.1) is 0 Å². The molecule has 2 aromatic rings. The average Bonchev–Trinajstić information content (AvgIpc) is 2.77. The summed E-state index contributed by atoms with van der Waals surface area (Å²) in [6.45, 7) is 7.99. The van der Waals surface area contributed by atoms with Gasteiger partial charge in [-0.2, -0.15) is 0 Å². The topological polar surface area (TPSA) is 79.3 Å². The smallest absolute Gasteiger partial charge is 0.189 e. The van der Waals surface area contributed by atoms with Gasteiger partial charge in [0.15, 0.2) is 16.7 Å². The van der Waals surface area contributed by atoms with E-state index in [0.717, 1.165) is 62.1 Å². The van der Waals surface area contributed by atoms with Crippen LogP contribution in [-0.2, 0) is 6.42 Å². The van der Waals surface area contributed by atoms with E-state index in [4.69, 9.17) is 16.3 Å². The van der Waals surface area contributed by atoms with Crippen LogP contribution in [0.2, 0.25) is 5.02 Å². The molecule has 2 rings (SSSR count). The second-order valence-electron chi connectivity index (χ2n) is 7.39. The van der Waals surface area contributed by atoms with E-state index >= 15 is 0 Å². The Morgan fingerprint density at radius 3 is 2.81 bits per heavy atom. The van der Waals surface area contributed by atoms with Crippen LogP contribution in [-0.4, -0.2) is 47.6 Å². The SMILES string of the molecule is C=C(CCC(CCC)NCCNc1nc(SC)ncc1OC)Cc1ccc(Cl)c(O)c1. The molecule has 6 nitrogen and oxygen atoms in total. The van der Waals surface area contributed by atoms with Gasteiger partial charge in [-0.1, -0.05) is 54.9 Å². The van der Waals surface area contributed by atoms with E-state index in [-0.39, 0.29) is 5.75 Å². The van der Waals surface area contributed by atoms with Crippen LogP contribution in [0.3, 0.4) is 0 Å². The molecule has 1 aromatic carbocycles. The molecule has 1 aromatic heterocycles. The Morgan fingerprint density at radius 2 is 2.13 bits per heavy atom. The summed E-state index contributed by atoms with van der Waals surface area (Å²) < 4.78 is 5.34. The summed E-state index contributed by atoms with van der Waals surface area (Å²) in [5.41, 5.74) is 2.18. The van der Waals surface area contributed by atoms with Crippen molar-refractivity contribution < 1.29 is 9.84 Å². The van der Waals surface area contributed by atoms with Crippen LogP contribution in [0.25, 0.3) is 0 Å². The van der Waals surface area contributed by atoms with Gasteiger partial charge < -0.3 is 20.5 Å². The van der Waals surface area contributed by atoms with Gasteiger partial charge in [-0.25, -0.2) is 9.97 Å². The van der Waals surface area contributed by atoms with E-state index in [1.807, 2.05) is 12.3 Å². The summed E-state index contributed by atoms with van der Waals surface area (Å²) in [4.78, 5) is 8.71. The highest BCUT2D eigenvalue weighted by atomic mass is 35.5. The molecule has 1 atom stereocenters. The Kier molecular flexibility index (Phi) is 11.0. The second kappa shape index (κ2) is 13.5. The number of ether oxygens (including phenoxy) is 1. The lowest BCUT2D eigenvalue weighted by molar-refractivity contribution is 0.411. The predicted octanol–water partition coefficient (Wildman–Crippen LogP) is 5.32. The van der Waals surface area contributed by atoms with Crippen molar-refractivity contribution in [1.82, 2.24) is 15.3 Å². The fourth-order valence-electron chi connectivity index (χ4n) is 3.31. The van der Waals surface area contributed by atoms with Crippen LogP contribution in [0.15, 0.2) is 41.7 Å². The van der Waals surface area contributed by atoms with Crippen LogP contribution in [0.4, 0.5) is 5.82 Å². The lowest BCUT2D eigenvalue weighted by Gasteiger charge is -2.19. The minimum absolute atomic E-state index is 0.120. The molecule has 31 heavy (non-hydrogen) atoms. The minimum Gasteiger partial charge on any atom is -0.506 e. The number of halogens is 1. The van der Waals surface area contributed by atoms with Crippen LogP contribution >= 0.6 is 23.4 Å². The number of allylic oxidation sites excluding steroid dienone is 1. The normalized spacial score (nSPS) is 11.9. The van der Waals surface area contributed by atoms with Crippen LogP contribution in [0.1, 0.15) is 38.2 Å². The number of hydrogen-bond acceptors (Lipinski definition) is 7. The van der Waals surface area contributed by atoms with Gasteiger partial charge in [0.1, 0.15) is 5.75 Å². The molecule has 0 saturated carbocycles. The third kappa shape index (κ3) is 8.59. The molecule has 0 aliphatic heterocycles. The molecule has 0 saturated heterocycles. The number of anilines is 1. The third-order valence-corrected chi connectivity index (χ3v) is 5.82. The maximum Gasteiger partial charge on any atom is 0.189 e. The van der Waals surface area contributed by atoms with Crippen molar-refractivity contribution in [3.63, 3.8) is 0 Å². The quantitative estimate of drug-likeness (QED) is 0.151. The summed E-state index contributed by atoms with van der Waals surface area (Å²) in [7, 11) is 1.62. The first kappa shape index (κ1) is 25.3. The van der Waals surface area contributed by atoms with Crippen LogP contribution < -0.4 is 15.4 Å². The van der Waals surface area contributed by atoms with Gasteiger partial charge in [-0.05, 0) is 49.6 Å². The highest BCUT2D eigenvalue weighted by Gasteiger charge is 2.10. The second-order valence-corrected chi connectivity index (χ2v) is 8.57. The molecule has 8 heteroatoms. The number of aromatic hydroxyl groups is 1. The average molecular weight is 465 g/mol. The number of rotatable bonds is 14. The highest BCUT2D eigenvalue weighted by molar-refractivity contribution is 7.98. The number of phenolic OH excluding ortho intramolecular Hbond substituents is 1. The van der Waals surface area contributed by atoms with Crippen LogP contribution in [0.5, 0.6) is 11.5 Å². The Hall–Kier alpha value is -1.96. The Bertz CT molecular complexity index is 850. The van der Waals surface area contributed by atoms with Gasteiger partial charge in [0.2, 0.25) is 0 Å². The Labute approximate surface area is 194 Å². The maximum atomic E-state index is 9.77. The number of phenols is 1. The number of hydrogen-bond donors (Lipinski definition) is 3. The van der Waals surface area contributed by atoms with Gasteiger partial charge in [0.25, 0.3) is 0 Å². The number of benzene rings is 1. The zero-order valence-corrected chi connectivity index (χ0v) is 20.2. The first-order valence-corrected chi connectivity index (χ1v) is 12.1. The number of thioether (sulfide) groups is 1. The Morgan fingerprint density at radius 1 is 1.32 bits per heavy atom. The van der Waals surface area contributed by atoms with Crippen molar-refractivity contribution in [1.29, 1.82) is 0 Å². The van der Waals surface area contributed by atoms with Crippen molar-refractivity contribution in [3.05, 3.63) is 47.1 Å². The summed E-state index contributed by atoms with van der Waals surface area (Å²) in [6.07, 6.45) is 8.59. The number of aromatic nitrogens is 2. The molecule has 0 bridgehead atoms. The molecule has 1 heterocycles.